The van der Waals surface area contributed by atoms with Crippen LogP contribution in [0.4, 0.5) is 0 Å². The highest BCUT2D eigenvalue weighted by Gasteiger charge is 2.03. The Balaban J connectivity index is 2.24. The summed E-state index contributed by atoms with van der Waals surface area (Å²) in [5, 5.41) is 0.670. The van der Waals surface area contributed by atoms with Crippen molar-refractivity contribution < 1.29 is 4.79 Å². The SMILES string of the molecule is Cc1cc(Cl)ccc1C=CC(=O)c1ccc(=O)n(C)c1. The highest BCUT2D eigenvalue weighted by Crippen LogP contribution is 2.16. The summed E-state index contributed by atoms with van der Waals surface area (Å²) < 4.78 is 1.38. The van der Waals surface area contributed by atoms with Gasteiger partial charge in [0.1, 0.15) is 0 Å². The molecule has 2 rings (SSSR count). The maximum atomic E-state index is 12.0. The third kappa shape index (κ3) is 3.25. The molecule has 0 saturated heterocycles. The Labute approximate surface area is 122 Å². The van der Waals surface area contributed by atoms with Gasteiger partial charge in [0, 0.05) is 29.9 Å². The molecule has 0 spiro atoms. The van der Waals surface area contributed by atoms with E-state index in [1.165, 1.54) is 29.0 Å². The summed E-state index contributed by atoms with van der Waals surface area (Å²) in [4.78, 5) is 23.3. The molecule has 20 heavy (non-hydrogen) atoms. The summed E-state index contributed by atoms with van der Waals surface area (Å²) in [6, 6.07) is 8.41. The number of carbonyl (C=O) groups is 1. The van der Waals surface area contributed by atoms with Crippen LogP contribution < -0.4 is 5.56 Å². The number of rotatable bonds is 3. The monoisotopic (exact) mass is 287 g/mol. The van der Waals surface area contributed by atoms with Crippen LogP contribution in [0, 0.1) is 6.92 Å². The minimum atomic E-state index is -0.144. The zero-order valence-corrected chi connectivity index (χ0v) is 12.0. The topological polar surface area (TPSA) is 39.1 Å². The number of carbonyl (C=O) groups excluding carboxylic acids is 1. The van der Waals surface area contributed by atoms with Gasteiger partial charge in [-0.2, -0.15) is 0 Å². The Morgan fingerprint density at radius 2 is 2.00 bits per heavy atom. The van der Waals surface area contributed by atoms with Crippen LogP contribution in [0.15, 0.2) is 47.4 Å². The minimum absolute atomic E-state index is 0.140. The van der Waals surface area contributed by atoms with Crippen LogP contribution in [0.1, 0.15) is 21.5 Å². The normalized spacial score (nSPS) is 10.9. The van der Waals surface area contributed by atoms with E-state index in [1.54, 1.807) is 19.2 Å². The van der Waals surface area contributed by atoms with E-state index in [0.29, 0.717) is 10.6 Å². The van der Waals surface area contributed by atoms with Crippen LogP contribution >= 0.6 is 11.6 Å². The van der Waals surface area contributed by atoms with Crippen molar-refractivity contribution in [2.45, 2.75) is 6.92 Å². The summed E-state index contributed by atoms with van der Waals surface area (Å²) >= 11 is 5.88. The van der Waals surface area contributed by atoms with Crippen LogP contribution in [0.25, 0.3) is 6.08 Å². The number of allylic oxidation sites excluding steroid dienone is 1. The van der Waals surface area contributed by atoms with E-state index >= 15 is 0 Å². The third-order valence-corrected chi connectivity index (χ3v) is 3.25. The van der Waals surface area contributed by atoms with Crippen molar-refractivity contribution >= 4 is 23.5 Å². The van der Waals surface area contributed by atoms with Gasteiger partial charge < -0.3 is 4.57 Å². The summed E-state index contributed by atoms with van der Waals surface area (Å²) in [7, 11) is 1.62. The van der Waals surface area contributed by atoms with Gasteiger partial charge in [-0.05, 0) is 42.3 Å². The molecule has 0 aliphatic heterocycles. The van der Waals surface area contributed by atoms with Gasteiger partial charge in [-0.3, -0.25) is 9.59 Å². The summed E-state index contributed by atoms with van der Waals surface area (Å²) in [6.45, 7) is 1.93. The average Bonchev–Trinajstić information content (AvgIpc) is 2.40. The molecule has 0 atom stereocenters. The molecule has 4 heteroatoms. The molecule has 0 saturated carbocycles. The van der Waals surface area contributed by atoms with Crippen molar-refractivity contribution in [2.75, 3.05) is 0 Å². The molecule has 102 valence electrons. The first-order chi connectivity index (χ1) is 9.47. The predicted octanol–water partition coefficient (Wildman–Crippen LogP) is 3.24. The maximum absolute atomic E-state index is 12.0. The van der Waals surface area contributed by atoms with E-state index in [4.69, 9.17) is 11.6 Å². The molecule has 3 nitrogen and oxygen atoms in total. The van der Waals surface area contributed by atoms with Crippen LogP contribution in [-0.4, -0.2) is 10.4 Å². The van der Waals surface area contributed by atoms with Gasteiger partial charge in [0.2, 0.25) is 5.56 Å². The number of ketones is 1. The van der Waals surface area contributed by atoms with Crippen LogP contribution in [0.5, 0.6) is 0 Å². The largest absolute Gasteiger partial charge is 0.318 e. The maximum Gasteiger partial charge on any atom is 0.250 e. The molecular weight excluding hydrogens is 274 g/mol. The second-order valence-electron chi connectivity index (χ2n) is 4.57. The van der Waals surface area contributed by atoms with Crippen LogP contribution in [0.3, 0.4) is 0 Å². The van der Waals surface area contributed by atoms with E-state index in [-0.39, 0.29) is 11.3 Å². The number of nitrogens with zero attached hydrogens (tertiary/aromatic N) is 1. The highest BCUT2D eigenvalue weighted by atomic mass is 35.5. The van der Waals surface area contributed by atoms with Gasteiger partial charge in [-0.25, -0.2) is 0 Å². The molecule has 0 radical (unpaired) electrons. The summed E-state index contributed by atoms with van der Waals surface area (Å²) in [5.74, 6) is -0.144. The fourth-order valence-corrected chi connectivity index (χ4v) is 2.05. The zero-order chi connectivity index (χ0) is 14.7. The summed E-state index contributed by atoms with van der Waals surface area (Å²) in [6.07, 6.45) is 4.78. The van der Waals surface area contributed by atoms with Gasteiger partial charge in [0.05, 0.1) is 0 Å². The fourth-order valence-electron chi connectivity index (χ4n) is 1.83. The molecule has 0 amide bonds. The van der Waals surface area contributed by atoms with Crippen molar-refractivity contribution in [2.24, 2.45) is 7.05 Å². The first-order valence-corrected chi connectivity index (χ1v) is 6.50. The van der Waals surface area contributed by atoms with Crippen molar-refractivity contribution in [3.8, 4) is 0 Å². The molecule has 0 unspecified atom stereocenters. The van der Waals surface area contributed by atoms with Gasteiger partial charge in [0.15, 0.2) is 5.78 Å². The Morgan fingerprint density at radius 3 is 2.65 bits per heavy atom. The van der Waals surface area contributed by atoms with Gasteiger partial charge in [0.25, 0.3) is 0 Å². The van der Waals surface area contributed by atoms with Crippen molar-refractivity contribution in [1.82, 2.24) is 4.57 Å². The number of aryl methyl sites for hydroxylation is 2. The quantitative estimate of drug-likeness (QED) is 0.642. The highest BCUT2D eigenvalue weighted by molar-refractivity contribution is 6.30. The van der Waals surface area contributed by atoms with E-state index < -0.39 is 0 Å². The second-order valence-corrected chi connectivity index (χ2v) is 5.00. The second kappa shape index (κ2) is 5.88. The number of benzene rings is 1. The Hall–Kier alpha value is -2.13. The number of hydrogen-bond donors (Lipinski definition) is 0. The molecule has 0 N–H and O–H groups in total. The predicted molar refractivity (Wildman–Crippen MR) is 81.2 cm³/mol. The molecule has 0 aliphatic carbocycles. The third-order valence-electron chi connectivity index (χ3n) is 3.02. The lowest BCUT2D eigenvalue weighted by molar-refractivity contribution is 0.104. The zero-order valence-electron chi connectivity index (χ0n) is 11.3. The average molecular weight is 288 g/mol. The van der Waals surface area contributed by atoms with Crippen molar-refractivity contribution in [3.63, 3.8) is 0 Å². The van der Waals surface area contributed by atoms with E-state index in [1.807, 2.05) is 19.1 Å². The lowest BCUT2D eigenvalue weighted by atomic mass is 10.1. The van der Waals surface area contributed by atoms with Crippen molar-refractivity contribution in [1.29, 1.82) is 0 Å². The molecule has 1 heterocycles. The molecule has 1 aromatic heterocycles. The minimum Gasteiger partial charge on any atom is -0.318 e. The Kier molecular flexibility index (Phi) is 4.20. The first-order valence-electron chi connectivity index (χ1n) is 6.12. The smallest absolute Gasteiger partial charge is 0.250 e. The van der Waals surface area contributed by atoms with Gasteiger partial charge in [-0.15, -0.1) is 0 Å². The van der Waals surface area contributed by atoms with Gasteiger partial charge in [-0.1, -0.05) is 23.7 Å². The van der Waals surface area contributed by atoms with E-state index in [2.05, 4.69) is 0 Å². The summed E-state index contributed by atoms with van der Waals surface area (Å²) in [5.41, 5.74) is 2.28. The molecule has 0 aliphatic rings. The van der Waals surface area contributed by atoms with E-state index in [9.17, 15) is 9.59 Å². The molecule has 0 fully saturated rings. The lowest BCUT2D eigenvalue weighted by Gasteiger charge is -2.01. The van der Waals surface area contributed by atoms with Crippen LogP contribution in [0.2, 0.25) is 5.02 Å². The number of halogens is 1. The molecule has 1 aromatic carbocycles. The molecular formula is C16H14ClNO2. The van der Waals surface area contributed by atoms with Crippen molar-refractivity contribution in [3.05, 3.63) is 74.7 Å². The molecule has 2 aromatic rings. The van der Waals surface area contributed by atoms with Gasteiger partial charge >= 0.3 is 0 Å². The molecule has 0 bridgehead atoms. The van der Waals surface area contributed by atoms with Crippen LogP contribution in [-0.2, 0) is 7.05 Å². The number of aromatic nitrogens is 1. The number of hydrogen-bond acceptors (Lipinski definition) is 2. The van der Waals surface area contributed by atoms with E-state index in [0.717, 1.165) is 11.1 Å². The number of pyridine rings is 1. The fraction of sp³-hybridized carbons (Fsp3) is 0.125. The Morgan fingerprint density at radius 1 is 1.25 bits per heavy atom. The lowest BCUT2D eigenvalue weighted by Crippen LogP contribution is -2.15. The standard InChI is InChI=1S/C16H14ClNO2/c1-11-9-14(17)6-3-12(11)4-7-15(19)13-5-8-16(20)18(2)10-13/h3-10H,1-2H3. The Bertz CT molecular complexity index is 744. The first kappa shape index (κ1) is 14.3.